The fourth-order valence-electron chi connectivity index (χ4n) is 1.19. The SMILES string of the molecule is CCNc1c(C#N)cccc1C(=O)O. The molecule has 2 N–H and O–H groups in total. The van der Waals surface area contributed by atoms with Crippen molar-refractivity contribution < 1.29 is 9.90 Å². The molecule has 0 aliphatic heterocycles. The summed E-state index contributed by atoms with van der Waals surface area (Å²) in [7, 11) is 0. The molecule has 0 radical (unpaired) electrons. The van der Waals surface area contributed by atoms with Gasteiger partial charge in [0, 0.05) is 6.54 Å². The largest absolute Gasteiger partial charge is 0.478 e. The first-order valence-corrected chi connectivity index (χ1v) is 4.21. The number of carboxylic acids is 1. The minimum absolute atomic E-state index is 0.130. The highest BCUT2D eigenvalue weighted by molar-refractivity contribution is 5.95. The van der Waals surface area contributed by atoms with E-state index in [1.165, 1.54) is 6.07 Å². The van der Waals surface area contributed by atoms with E-state index in [-0.39, 0.29) is 5.56 Å². The van der Waals surface area contributed by atoms with E-state index in [1.54, 1.807) is 12.1 Å². The summed E-state index contributed by atoms with van der Waals surface area (Å²) in [5.74, 6) is -1.03. The summed E-state index contributed by atoms with van der Waals surface area (Å²) in [6, 6.07) is 6.57. The molecule has 1 aromatic rings. The third-order valence-electron chi connectivity index (χ3n) is 1.77. The second kappa shape index (κ2) is 4.28. The predicted octanol–water partition coefficient (Wildman–Crippen LogP) is 1.69. The molecular formula is C10H10N2O2. The molecule has 0 saturated heterocycles. The van der Waals surface area contributed by atoms with Gasteiger partial charge in [-0.05, 0) is 19.1 Å². The molecule has 0 atom stereocenters. The van der Waals surface area contributed by atoms with E-state index in [0.29, 0.717) is 17.8 Å². The molecule has 0 aromatic heterocycles. The van der Waals surface area contributed by atoms with Gasteiger partial charge in [-0.1, -0.05) is 6.07 Å². The van der Waals surface area contributed by atoms with Crippen molar-refractivity contribution in [3.05, 3.63) is 29.3 Å². The molecule has 0 aliphatic rings. The van der Waals surface area contributed by atoms with Crippen LogP contribution in [0.4, 0.5) is 5.69 Å². The topological polar surface area (TPSA) is 73.1 Å². The maximum atomic E-state index is 10.8. The van der Waals surface area contributed by atoms with Gasteiger partial charge in [0.05, 0.1) is 16.8 Å². The van der Waals surface area contributed by atoms with E-state index in [0.717, 1.165) is 0 Å². The molecule has 0 fully saturated rings. The second-order valence-corrected chi connectivity index (χ2v) is 2.68. The summed E-state index contributed by atoms with van der Waals surface area (Å²) in [5, 5.41) is 20.5. The molecule has 1 rings (SSSR count). The monoisotopic (exact) mass is 190 g/mol. The first-order valence-electron chi connectivity index (χ1n) is 4.21. The van der Waals surface area contributed by atoms with Gasteiger partial charge < -0.3 is 10.4 Å². The molecule has 0 unspecified atom stereocenters. The molecule has 4 nitrogen and oxygen atoms in total. The Labute approximate surface area is 81.8 Å². The molecule has 0 amide bonds. The Balaban J connectivity index is 3.29. The van der Waals surface area contributed by atoms with Gasteiger partial charge >= 0.3 is 5.97 Å². The average molecular weight is 190 g/mol. The average Bonchev–Trinajstić information content (AvgIpc) is 2.18. The Hall–Kier alpha value is -2.02. The van der Waals surface area contributed by atoms with Crippen molar-refractivity contribution >= 4 is 11.7 Å². The van der Waals surface area contributed by atoms with E-state index in [9.17, 15) is 4.79 Å². The van der Waals surface area contributed by atoms with Crippen LogP contribution >= 0.6 is 0 Å². The molecule has 0 aliphatic carbocycles. The van der Waals surface area contributed by atoms with Gasteiger partial charge in [-0.3, -0.25) is 0 Å². The van der Waals surface area contributed by atoms with E-state index in [4.69, 9.17) is 10.4 Å². The number of hydrogen-bond acceptors (Lipinski definition) is 3. The summed E-state index contributed by atoms with van der Waals surface area (Å²) in [6.45, 7) is 2.43. The Morgan fingerprint density at radius 3 is 2.86 bits per heavy atom. The molecule has 72 valence electrons. The number of carboxylic acid groups (broad SMARTS) is 1. The van der Waals surface area contributed by atoms with Crippen molar-refractivity contribution in [2.24, 2.45) is 0 Å². The van der Waals surface area contributed by atoms with Crippen LogP contribution in [0.3, 0.4) is 0 Å². The number of benzene rings is 1. The van der Waals surface area contributed by atoms with Crippen LogP contribution in [0.25, 0.3) is 0 Å². The molecule has 0 spiro atoms. The summed E-state index contributed by atoms with van der Waals surface area (Å²) in [4.78, 5) is 10.8. The Morgan fingerprint density at radius 2 is 2.36 bits per heavy atom. The summed E-state index contributed by atoms with van der Waals surface area (Å²) >= 11 is 0. The van der Waals surface area contributed by atoms with Crippen molar-refractivity contribution in [2.75, 3.05) is 11.9 Å². The van der Waals surface area contributed by atoms with Crippen LogP contribution < -0.4 is 5.32 Å². The summed E-state index contributed by atoms with van der Waals surface area (Å²) in [6.07, 6.45) is 0. The molecule has 0 saturated carbocycles. The highest BCUT2D eigenvalue weighted by atomic mass is 16.4. The lowest BCUT2D eigenvalue weighted by Crippen LogP contribution is -2.07. The lowest BCUT2D eigenvalue weighted by Gasteiger charge is -2.08. The van der Waals surface area contributed by atoms with Crippen molar-refractivity contribution in [3.8, 4) is 6.07 Å². The maximum absolute atomic E-state index is 10.8. The number of aromatic carboxylic acids is 1. The van der Waals surface area contributed by atoms with Gasteiger partial charge in [0.1, 0.15) is 6.07 Å². The smallest absolute Gasteiger partial charge is 0.337 e. The van der Waals surface area contributed by atoms with Crippen LogP contribution in [-0.4, -0.2) is 17.6 Å². The third-order valence-corrected chi connectivity index (χ3v) is 1.77. The van der Waals surface area contributed by atoms with E-state index in [1.807, 2.05) is 13.0 Å². The molecule has 1 aromatic carbocycles. The minimum Gasteiger partial charge on any atom is -0.478 e. The fraction of sp³-hybridized carbons (Fsp3) is 0.200. The molecule has 0 bridgehead atoms. The Bertz CT molecular complexity index is 394. The van der Waals surface area contributed by atoms with Crippen LogP contribution in [0.15, 0.2) is 18.2 Å². The fourth-order valence-corrected chi connectivity index (χ4v) is 1.19. The number of nitriles is 1. The molecule has 0 heterocycles. The van der Waals surface area contributed by atoms with Crippen LogP contribution in [0.5, 0.6) is 0 Å². The second-order valence-electron chi connectivity index (χ2n) is 2.68. The number of para-hydroxylation sites is 1. The van der Waals surface area contributed by atoms with Gasteiger partial charge in [0.25, 0.3) is 0 Å². The molecule has 14 heavy (non-hydrogen) atoms. The Kier molecular flexibility index (Phi) is 3.08. The normalized spacial score (nSPS) is 9.14. The number of nitrogens with zero attached hydrogens (tertiary/aromatic N) is 1. The number of anilines is 1. The first-order chi connectivity index (χ1) is 6.70. The van der Waals surface area contributed by atoms with Crippen molar-refractivity contribution in [1.29, 1.82) is 5.26 Å². The van der Waals surface area contributed by atoms with Gasteiger partial charge in [-0.15, -0.1) is 0 Å². The van der Waals surface area contributed by atoms with Crippen molar-refractivity contribution in [2.45, 2.75) is 6.92 Å². The number of carbonyl (C=O) groups is 1. The van der Waals surface area contributed by atoms with E-state index in [2.05, 4.69) is 5.32 Å². The standard InChI is InChI=1S/C10H10N2O2/c1-2-12-9-7(6-11)4-3-5-8(9)10(13)14/h3-5,12H,2H2,1H3,(H,13,14). The van der Waals surface area contributed by atoms with Gasteiger partial charge in [-0.25, -0.2) is 4.79 Å². The molecular weight excluding hydrogens is 180 g/mol. The van der Waals surface area contributed by atoms with Crippen LogP contribution in [0.2, 0.25) is 0 Å². The zero-order chi connectivity index (χ0) is 10.6. The quantitative estimate of drug-likeness (QED) is 0.760. The van der Waals surface area contributed by atoms with Gasteiger partial charge in [-0.2, -0.15) is 5.26 Å². The van der Waals surface area contributed by atoms with Crippen molar-refractivity contribution in [3.63, 3.8) is 0 Å². The zero-order valence-electron chi connectivity index (χ0n) is 7.74. The number of nitrogens with one attached hydrogen (secondary N) is 1. The highest BCUT2D eigenvalue weighted by Crippen LogP contribution is 2.20. The van der Waals surface area contributed by atoms with Gasteiger partial charge in [0.15, 0.2) is 0 Å². The lowest BCUT2D eigenvalue weighted by atomic mass is 10.1. The minimum atomic E-state index is -1.03. The zero-order valence-corrected chi connectivity index (χ0v) is 7.74. The van der Waals surface area contributed by atoms with E-state index >= 15 is 0 Å². The van der Waals surface area contributed by atoms with Crippen LogP contribution in [-0.2, 0) is 0 Å². The Morgan fingerprint density at radius 1 is 1.64 bits per heavy atom. The molecule has 4 heteroatoms. The number of rotatable bonds is 3. The van der Waals surface area contributed by atoms with Crippen LogP contribution in [0, 0.1) is 11.3 Å². The summed E-state index contributed by atoms with van der Waals surface area (Å²) < 4.78 is 0. The van der Waals surface area contributed by atoms with Crippen molar-refractivity contribution in [1.82, 2.24) is 0 Å². The highest BCUT2D eigenvalue weighted by Gasteiger charge is 2.12. The number of hydrogen-bond donors (Lipinski definition) is 2. The first kappa shape index (κ1) is 10.1. The van der Waals surface area contributed by atoms with E-state index < -0.39 is 5.97 Å². The van der Waals surface area contributed by atoms with Crippen LogP contribution in [0.1, 0.15) is 22.8 Å². The maximum Gasteiger partial charge on any atom is 0.337 e. The lowest BCUT2D eigenvalue weighted by molar-refractivity contribution is 0.0698. The predicted molar refractivity (Wildman–Crippen MR) is 52.3 cm³/mol. The third kappa shape index (κ3) is 1.83. The van der Waals surface area contributed by atoms with Gasteiger partial charge in [0.2, 0.25) is 0 Å². The summed E-state index contributed by atoms with van der Waals surface area (Å²) in [5.41, 5.74) is 0.877.